The van der Waals surface area contributed by atoms with Crippen molar-refractivity contribution in [2.45, 2.75) is 6.04 Å². The molecular formula is C19H15NO3. The first-order valence-electron chi connectivity index (χ1n) is 7.25. The Morgan fingerprint density at radius 1 is 1.00 bits per heavy atom. The van der Waals surface area contributed by atoms with Gasteiger partial charge in [-0.15, -0.1) is 0 Å². The zero-order chi connectivity index (χ0) is 16.1. The molecule has 3 rings (SSSR count). The van der Waals surface area contributed by atoms with Crippen LogP contribution in [0.4, 0.5) is 4.79 Å². The quantitative estimate of drug-likeness (QED) is 0.885. The minimum atomic E-state index is -0.598. The SMILES string of the molecule is O=C(NC1C=CC(=O)/C1=C/c1ccccc1)Oc1ccccc1. The maximum Gasteiger partial charge on any atom is 0.413 e. The molecular weight excluding hydrogens is 290 g/mol. The molecule has 0 saturated heterocycles. The minimum absolute atomic E-state index is 0.112. The summed E-state index contributed by atoms with van der Waals surface area (Å²) in [7, 11) is 0. The van der Waals surface area contributed by atoms with Crippen molar-refractivity contribution >= 4 is 18.0 Å². The highest BCUT2D eigenvalue weighted by molar-refractivity contribution is 6.11. The van der Waals surface area contributed by atoms with Gasteiger partial charge >= 0.3 is 6.09 Å². The van der Waals surface area contributed by atoms with Crippen molar-refractivity contribution in [2.24, 2.45) is 0 Å². The van der Waals surface area contributed by atoms with E-state index in [9.17, 15) is 9.59 Å². The van der Waals surface area contributed by atoms with Gasteiger partial charge in [0.05, 0.1) is 6.04 Å². The molecule has 0 spiro atoms. The molecule has 4 heteroatoms. The van der Waals surface area contributed by atoms with Gasteiger partial charge in [-0.1, -0.05) is 54.6 Å². The summed E-state index contributed by atoms with van der Waals surface area (Å²) >= 11 is 0. The average Bonchev–Trinajstić information content (AvgIpc) is 2.90. The number of para-hydroxylation sites is 1. The third-order valence-electron chi connectivity index (χ3n) is 3.41. The van der Waals surface area contributed by atoms with Crippen LogP contribution in [0.1, 0.15) is 5.56 Å². The maximum absolute atomic E-state index is 12.0. The van der Waals surface area contributed by atoms with Crippen LogP contribution in [-0.4, -0.2) is 17.9 Å². The first-order valence-corrected chi connectivity index (χ1v) is 7.25. The summed E-state index contributed by atoms with van der Waals surface area (Å²) in [5.41, 5.74) is 1.42. The van der Waals surface area contributed by atoms with Crippen molar-refractivity contribution in [1.29, 1.82) is 0 Å². The molecule has 0 heterocycles. The van der Waals surface area contributed by atoms with Crippen molar-refractivity contribution in [3.63, 3.8) is 0 Å². The Morgan fingerprint density at radius 3 is 2.35 bits per heavy atom. The Hall–Kier alpha value is -3.14. The van der Waals surface area contributed by atoms with Crippen LogP contribution in [0.2, 0.25) is 0 Å². The van der Waals surface area contributed by atoms with Crippen LogP contribution in [0, 0.1) is 0 Å². The molecule has 23 heavy (non-hydrogen) atoms. The summed E-state index contributed by atoms with van der Waals surface area (Å²) in [4.78, 5) is 23.9. The summed E-state index contributed by atoms with van der Waals surface area (Å²) in [6, 6.07) is 17.8. The van der Waals surface area contributed by atoms with Crippen LogP contribution in [0.5, 0.6) is 5.75 Å². The van der Waals surface area contributed by atoms with Gasteiger partial charge in [-0.05, 0) is 29.8 Å². The fourth-order valence-electron chi connectivity index (χ4n) is 2.30. The van der Waals surface area contributed by atoms with E-state index >= 15 is 0 Å². The van der Waals surface area contributed by atoms with E-state index in [1.165, 1.54) is 6.08 Å². The van der Waals surface area contributed by atoms with Crippen LogP contribution in [-0.2, 0) is 4.79 Å². The molecule has 114 valence electrons. The van der Waals surface area contributed by atoms with Crippen LogP contribution in [0.25, 0.3) is 6.08 Å². The van der Waals surface area contributed by atoms with Crippen molar-refractivity contribution in [3.8, 4) is 5.75 Å². The number of hydrogen-bond acceptors (Lipinski definition) is 3. The lowest BCUT2D eigenvalue weighted by Gasteiger charge is -2.13. The molecule has 1 N–H and O–H groups in total. The van der Waals surface area contributed by atoms with Gasteiger partial charge in [0.2, 0.25) is 0 Å². The number of allylic oxidation sites excluding steroid dienone is 1. The molecule has 1 atom stereocenters. The summed E-state index contributed by atoms with van der Waals surface area (Å²) in [6.07, 6.45) is 4.29. The normalized spacial score (nSPS) is 18.2. The Labute approximate surface area is 134 Å². The van der Waals surface area contributed by atoms with Gasteiger partial charge in [0.15, 0.2) is 5.78 Å². The molecule has 4 nitrogen and oxygen atoms in total. The lowest BCUT2D eigenvalue weighted by atomic mass is 10.1. The number of benzene rings is 2. The smallest absolute Gasteiger partial charge is 0.410 e. The molecule has 1 amide bonds. The fraction of sp³-hybridized carbons (Fsp3) is 0.0526. The second-order valence-corrected chi connectivity index (χ2v) is 5.06. The number of amides is 1. The number of nitrogens with one attached hydrogen (secondary N) is 1. The number of ketones is 1. The van der Waals surface area contributed by atoms with Crippen molar-refractivity contribution in [2.75, 3.05) is 0 Å². The summed E-state index contributed by atoms with van der Waals surface area (Å²) < 4.78 is 5.19. The van der Waals surface area contributed by atoms with Crippen LogP contribution in [0.3, 0.4) is 0 Å². The second-order valence-electron chi connectivity index (χ2n) is 5.06. The molecule has 1 aliphatic carbocycles. The van der Waals surface area contributed by atoms with E-state index in [4.69, 9.17) is 4.74 Å². The second kappa shape index (κ2) is 6.75. The molecule has 0 bridgehead atoms. The first-order chi connectivity index (χ1) is 11.2. The number of hydrogen-bond donors (Lipinski definition) is 1. The topological polar surface area (TPSA) is 55.4 Å². The molecule has 0 aromatic heterocycles. The summed E-state index contributed by atoms with van der Waals surface area (Å²) in [5, 5.41) is 2.69. The Kier molecular flexibility index (Phi) is 4.34. The molecule has 0 saturated carbocycles. The number of carbonyl (C=O) groups is 2. The van der Waals surface area contributed by atoms with Gasteiger partial charge in [0.1, 0.15) is 5.75 Å². The number of rotatable bonds is 3. The predicted octanol–water partition coefficient (Wildman–Crippen LogP) is 3.37. The summed E-state index contributed by atoms with van der Waals surface area (Å²) in [6.45, 7) is 0. The van der Waals surface area contributed by atoms with Gasteiger partial charge in [-0.25, -0.2) is 4.79 Å². The number of carbonyl (C=O) groups excluding carboxylic acids is 2. The molecule has 2 aromatic carbocycles. The minimum Gasteiger partial charge on any atom is -0.410 e. The van der Waals surface area contributed by atoms with Crippen LogP contribution in [0.15, 0.2) is 78.4 Å². The third-order valence-corrected chi connectivity index (χ3v) is 3.41. The molecule has 1 aliphatic rings. The van der Waals surface area contributed by atoms with Gasteiger partial charge in [-0.2, -0.15) is 0 Å². The van der Waals surface area contributed by atoms with Gasteiger partial charge in [0.25, 0.3) is 0 Å². The van der Waals surface area contributed by atoms with Crippen molar-refractivity contribution < 1.29 is 14.3 Å². The first kappa shape index (κ1) is 14.8. The lowest BCUT2D eigenvalue weighted by molar-refractivity contribution is -0.111. The monoisotopic (exact) mass is 305 g/mol. The highest BCUT2D eigenvalue weighted by atomic mass is 16.6. The van der Waals surface area contributed by atoms with E-state index in [1.54, 1.807) is 36.4 Å². The number of ether oxygens (including phenoxy) is 1. The molecule has 0 fully saturated rings. The van der Waals surface area contributed by atoms with Gasteiger partial charge in [0, 0.05) is 5.57 Å². The zero-order valence-corrected chi connectivity index (χ0v) is 12.3. The third kappa shape index (κ3) is 3.74. The highest BCUT2D eigenvalue weighted by Gasteiger charge is 2.25. The predicted molar refractivity (Wildman–Crippen MR) is 88.0 cm³/mol. The average molecular weight is 305 g/mol. The highest BCUT2D eigenvalue weighted by Crippen LogP contribution is 2.19. The zero-order valence-electron chi connectivity index (χ0n) is 12.3. The van der Waals surface area contributed by atoms with Crippen LogP contribution >= 0.6 is 0 Å². The van der Waals surface area contributed by atoms with E-state index in [-0.39, 0.29) is 5.78 Å². The standard InChI is InChI=1S/C19H15NO3/c21-18-12-11-17(16(18)13-14-7-3-1-4-8-14)20-19(22)23-15-9-5-2-6-10-15/h1-13,17H,(H,20,22)/b16-13+. The van der Waals surface area contributed by atoms with E-state index in [0.29, 0.717) is 11.3 Å². The molecule has 2 aromatic rings. The molecule has 0 radical (unpaired) electrons. The molecule has 0 aliphatic heterocycles. The van der Waals surface area contributed by atoms with E-state index < -0.39 is 12.1 Å². The fourth-order valence-corrected chi connectivity index (χ4v) is 2.30. The van der Waals surface area contributed by atoms with Gasteiger partial charge in [-0.3, -0.25) is 4.79 Å². The Morgan fingerprint density at radius 2 is 1.65 bits per heavy atom. The Bertz CT molecular complexity index is 764. The van der Waals surface area contributed by atoms with Crippen molar-refractivity contribution in [3.05, 3.63) is 84.0 Å². The lowest BCUT2D eigenvalue weighted by Crippen LogP contribution is -2.36. The summed E-state index contributed by atoms with van der Waals surface area (Å²) in [5.74, 6) is 0.339. The van der Waals surface area contributed by atoms with Crippen LogP contribution < -0.4 is 10.1 Å². The molecule has 1 unspecified atom stereocenters. The maximum atomic E-state index is 12.0. The van der Waals surface area contributed by atoms with E-state index in [2.05, 4.69) is 5.32 Å². The Balaban J connectivity index is 1.71. The van der Waals surface area contributed by atoms with Crippen molar-refractivity contribution in [1.82, 2.24) is 5.32 Å². The van der Waals surface area contributed by atoms with E-state index in [0.717, 1.165) is 5.56 Å². The van der Waals surface area contributed by atoms with Gasteiger partial charge < -0.3 is 10.1 Å². The van der Waals surface area contributed by atoms with E-state index in [1.807, 2.05) is 36.4 Å². The largest absolute Gasteiger partial charge is 0.413 e.